The highest BCUT2D eigenvalue weighted by molar-refractivity contribution is 5.88. The lowest BCUT2D eigenvalue weighted by molar-refractivity contribution is -0.142. The van der Waals surface area contributed by atoms with E-state index in [-0.39, 0.29) is 18.4 Å². The highest BCUT2D eigenvalue weighted by Gasteiger charge is 2.31. The van der Waals surface area contributed by atoms with Crippen LogP contribution in [0.2, 0.25) is 0 Å². The summed E-state index contributed by atoms with van der Waals surface area (Å²) in [6.07, 6.45) is 2.44. The predicted molar refractivity (Wildman–Crippen MR) is 126 cm³/mol. The van der Waals surface area contributed by atoms with E-state index in [1.165, 1.54) is 0 Å². The topological polar surface area (TPSA) is 67.9 Å². The normalized spacial score (nSPS) is 15.8. The summed E-state index contributed by atoms with van der Waals surface area (Å²) in [7, 11) is 0. The van der Waals surface area contributed by atoms with Crippen LogP contribution in [0.5, 0.6) is 17.2 Å². The van der Waals surface area contributed by atoms with E-state index in [1.807, 2.05) is 72.8 Å². The van der Waals surface area contributed by atoms with Gasteiger partial charge in [0.15, 0.2) is 6.61 Å². The van der Waals surface area contributed by atoms with Crippen molar-refractivity contribution < 1.29 is 19.1 Å². The number of nitrogens with zero attached hydrogens (tertiary/aromatic N) is 1. The van der Waals surface area contributed by atoms with Crippen molar-refractivity contribution in [3.8, 4) is 17.2 Å². The van der Waals surface area contributed by atoms with Crippen molar-refractivity contribution in [1.82, 2.24) is 10.2 Å². The van der Waals surface area contributed by atoms with Crippen LogP contribution in [-0.4, -0.2) is 35.9 Å². The Morgan fingerprint density at radius 1 is 0.848 bits per heavy atom. The molecule has 2 amide bonds. The smallest absolute Gasteiger partial charge is 0.261 e. The second kappa shape index (κ2) is 11.2. The molecule has 6 heteroatoms. The molecule has 0 aliphatic carbocycles. The van der Waals surface area contributed by atoms with Crippen LogP contribution >= 0.6 is 0 Å². The summed E-state index contributed by atoms with van der Waals surface area (Å²) in [5, 5.41) is 2.93. The van der Waals surface area contributed by atoms with Crippen molar-refractivity contribution in [3.63, 3.8) is 0 Å². The standard InChI is InChI=1S/C27H28N2O4/c30-26(20-32-22-9-3-1-4-10-22)29(25-13-7-8-18-28-27(25)31)19-21-14-16-24(17-15-21)33-23-11-5-2-6-12-23/h1-6,9-12,14-17,25H,7-8,13,18-20H2,(H,28,31). The van der Waals surface area contributed by atoms with Crippen LogP contribution in [0, 0.1) is 0 Å². The molecule has 0 radical (unpaired) electrons. The molecule has 3 aromatic carbocycles. The molecule has 1 atom stereocenters. The van der Waals surface area contributed by atoms with Crippen LogP contribution in [0.1, 0.15) is 24.8 Å². The third-order valence-electron chi connectivity index (χ3n) is 5.56. The highest BCUT2D eigenvalue weighted by Crippen LogP contribution is 2.23. The van der Waals surface area contributed by atoms with Gasteiger partial charge in [-0.2, -0.15) is 0 Å². The van der Waals surface area contributed by atoms with Crippen LogP contribution in [0.25, 0.3) is 0 Å². The molecule has 33 heavy (non-hydrogen) atoms. The van der Waals surface area contributed by atoms with Crippen LogP contribution in [0.4, 0.5) is 0 Å². The Labute approximate surface area is 194 Å². The van der Waals surface area contributed by atoms with Crippen molar-refractivity contribution in [2.45, 2.75) is 31.8 Å². The molecule has 0 aromatic heterocycles. The second-order valence-corrected chi connectivity index (χ2v) is 7.99. The molecular weight excluding hydrogens is 416 g/mol. The lowest BCUT2D eigenvalue weighted by atomic mass is 10.1. The summed E-state index contributed by atoms with van der Waals surface area (Å²) in [6, 6.07) is 25.9. The molecular formula is C27H28N2O4. The monoisotopic (exact) mass is 444 g/mol. The van der Waals surface area contributed by atoms with Gasteiger partial charge >= 0.3 is 0 Å². The molecule has 0 spiro atoms. The number of ether oxygens (including phenoxy) is 2. The quantitative estimate of drug-likeness (QED) is 0.553. The molecule has 3 aromatic rings. The van der Waals surface area contributed by atoms with Gasteiger partial charge in [0, 0.05) is 13.1 Å². The van der Waals surface area contributed by atoms with E-state index >= 15 is 0 Å². The van der Waals surface area contributed by atoms with Crippen molar-refractivity contribution in [3.05, 3.63) is 90.5 Å². The van der Waals surface area contributed by atoms with Gasteiger partial charge in [0.1, 0.15) is 23.3 Å². The van der Waals surface area contributed by atoms with E-state index in [0.29, 0.717) is 31.0 Å². The van der Waals surface area contributed by atoms with Gasteiger partial charge in [-0.3, -0.25) is 9.59 Å². The van der Waals surface area contributed by atoms with Gasteiger partial charge in [-0.1, -0.05) is 48.5 Å². The van der Waals surface area contributed by atoms with Gasteiger partial charge in [-0.15, -0.1) is 0 Å². The van der Waals surface area contributed by atoms with Crippen LogP contribution in [0.3, 0.4) is 0 Å². The van der Waals surface area contributed by atoms with E-state index in [4.69, 9.17) is 9.47 Å². The molecule has 1 N–H and O–H groups in total. The number of rotatable bonds is 8. The first-order valence-corrected chi connectivity index (χ1v) is 11.3. The van der Waals surface area contributed by atoms with E-state index in [2.05, 4.69) is 5.32 Å². The average Bonchev–Trinajstić information content (AvgIpc) is 3.07. The minimum absolute atomic E-state index is 0.107. The number of nitrogens with one attached hydrogen (secondary N) is 1. The van der Waals surface area contributed by atoms with Gasteiger partial charge in [-0.05, 0) is 61.2 Å². The largest absolute Gasteiger partial charge is 0.484 e. The molecule has 1 fully saturated rings. The zero-order valence-electron chi connectivity index (χ0n) is 18.5. The lowest BCUT2D eigenvalue weighted by Gasteiger charge is -2.30. The Morgan fingerprint density at radius 2 is 1.48 bits per heavy atom. The summed E-state index contributed by atoms with van der Waals surface area (Å²) in [5.74, 6) is 1.77. The van der Waals surface area contributed by atoms with Crippen molar-refractivity contribution >= 4 is 11.8 Å². The SMILES string of the molecule is O=C1NCCCCC1N(Cc1ccc(Oc2ccccc2)cc1)C(=O)COc1ccccc1. The first kappa shape index (κ1) is 22.4. The van der Waals surface area contributed by atoms with Gasteiger partial charge in [-0.25, -0.2) is 0 Å². The van der Waals surface area contributed by atoms with Crippen LogP contribution in [0.15, 0.2) is 84.9 Å². The average molecular weight is 445 g/mol. The predicted octanol–water partition coefficient (Wildman–Crippen LogP) is 4.56. The molecule has 1 aliphatic rings. The van der Waals surface area contributed by atoms with Gasteiger partial charge in [0.25, 0.3) is 5.91 Å². The number of carbonyl (C=O) groups is 2. The Kier molecular flexibility index (Phi) is 7.59. The molecule has 1 saturated heterocycles. The minimum Gasteiger partial charge on any atom is -0.484 e. The molecule has 0 bridgehead atoms. The Balaban J connectivity index is 1.47. The van der Waals surface area contributed by atoms with E-state index in [1.54, 1.807) is 17.0 Å². The van der Waals surface area contributed by atoms with E-state index in [9.17, 15) is 9.59 Å². The molecule has 4 rings (SSSR count). The van der Waals surface area contributed by atoms with Gasteiger partial charge in [0.05, 0.1) is 0 Å². The maximum atomic E-state index is 13.2. The summed E-state index contributed by atoms with van der Waals surface area (Å²) in [6.45, 7) is 0.840. The van der Waals surface area contributed by atoms with E-state index in [0.717, 1.165) is 24.2 Å². The Bertz CT molecular complexity index is 1040. The Morgan fingerprint density at radius 3 is 2.18 bits per heavy atom. The zero-order chi connectivity index (χ0) is 22.9. The molecule has 1 heterocycles. The zero-order valence-corrected chi connectivity index (χ0v) is 18.5. The molecule has 1 unspecified atom stereocenters. The number of amides is 2. The number of carbonyl (C=O) groups excluding carboxylic acids is 2. The fourth-order valence-corrected chi connectivity index (χ4v) is 3.82. The minimum atomic E-state index is -0.514. The van der Waals surface area contributed by atoms with Crippen LogP contribution < -0.4 is 14.8 Å². The lowest BCUT2D eigenvalue weighted by Crippen LogP contribution is -2.49. The van der Waals surface area contributed by atoms with Crippen molar-refractivity contribution in [1.29, 1.82) is 0 Å². The molecule has 170 valence electrons. The Hall–Kier alpha value is -3.80. The molecule has 1 aliphatic heterocycles. The van der Waals surface area contributed by atoms with Gasteiger partial charge < -0.3 is 19.7 Å². The fourth-order valence-electron chi connectivity index (χ4n) is 3.82. The summed E-state index contributed by atoms with van der Waals surface area (Å²) in [4.78, 5) is 27.5. The number of para-hydroxylation sites is 2. The van der Waals surface area contributed by atoms with Gasteiger partial charge in [0.2, 0.25) is 5.91 Å². The van der Waals surface area contributed by atoms with Crippen LogP contribution in [-0.2, 0) is 16.1 Å². The number of hydrogen-bond donors (Lipinski definition) is 1. The first-order chi connectivity index (χ1) is 16.2. The number of benzene rings is 3. The maximum Gasteiger partial charge on any atom is 0.261 e. The summed E-state index contributed by atoms with van der Waals surface area (Å²) < 4.78 is 11.5. The summed E-state index contributed by atoms with van der Waals surface area (Å²) in [5.41, 5.74) is 0.917. The first-order valence-electron chi connectivity index (χ1n) is 11.3. The molecule has 0 saturated carbocycles. The third-order valence-corrected chi connectivity index (χ3v) is 5.56. The van der Waals surface area contributed by atoms with E-state index < -0.39 is 6.04 Å². The third kappa shape index (κ3) is 6.35. The van der Waals surface area contributed by atoms with Crippen molar-refractivity contribution in [2.75, 3.05) is 13.2 Å². The molecule has 6 nitrogen and oxygen atoms in total. The second-order valence-electron chi connectivity index (χ2n) is 7.99. The van der Waals surface area contributed by atoms with Crippen molar-refractivity contribution in [2.24, 2.45) is 0 Å². The maximum absolute atomic E-state index is 13.2. The summed E-state index contributed by atoms with van der Waals surface area (Å²) >= 11 is 0. The fraction of sp³-hybridized carbons (Fsp3) is 0.259. The number of hydrogen-bond acceptors (Lipinski definition) is 4. The highest BCUT2D eigenvalue weighted by atomic mass is 16.5.